The molecule has 1 aromatic carbocycles. The second-order valence-electron chi connectivity index (χ2n) is 5.20. The topological polar surface area (TPSA) is 38.3 Å². The number of hydrogen-bond acceptors (Lipinski definition) is 2. The van der Waals surface area contributed by atoms with E-state index in [1.54, 1.807) is 0 Å². The summed E-state index contributed by atoms with van der Waals surface area (Å²) in [5.74, 6) is 0. The molecule has 0 unspecified atom stereocenters. The number of ether oxygens (including phenoxy) is 1. The highest BCUT2D eigenvalue weighted by atomic mass is 16.5. The van der Waals surface area contributed by atoms with Crippen LogP contribution in [0.15, 0.2) is 24.3 Å². The molecule has 1 rings (SSSR count). The van der Waals surface area contributed by atoms with Gasteiger partial charge in [-0.15, -0.1) is 0 Å². The standard InChI is InChI=1S/C17H27NO2/c1-3-4-5-6-7-8-11-14-20-17(19)18-16-13-10-9-12-15(16)2/h9-10,12-13H,3-8,11,14H2,1-2H3,(H,18,19). The van der Waals surface area contributed by atoms with Crippen LogP contribution < -0.4 is 5.32 Å². The Bertz CT molecular complexity index is 390. The van der Waals surface area contributed by atoms with Gasteiger partial charge in [0, 0.05) is 5.69 Å². The molecule has 0 radical (unpaired) electrons. The van der Waals surface area contributed by atoms with Gasteiger partial charge in [0.05, 0.1) is 6.61 Å². The minimum atomic E-state index is -0.356. The van der Waals surface area contributed by atoms with E-state index in [-0.39, 0.29) is 6.09 Å². The number of para-hydroxylation sites is 1. The third kappa shape index (κ3) is 7.17. The van der Waals surface area contributed by atoms with Crippen molar-refractivity contribution in [2.45, 2.75) is 58.8 Å². The van der Waals surface area contributed by atoms with Gasteiger partial charge in [-0.2, -0.15) is 0 Å². The zero-order valence-corrected chi connectivity index (χ0v) is 12.8. The van der Waals surface area contributed by atoms with Crippen molar-refractivity contribution in [3.63, 3.8) is 0 Å². The summed E-state index contributed by atoms with van der Waals surface area (Å²) in [6.07, 6.45) is 8.20. The molecule has 0 heterocycles. The Morgan fingerprint density at radius 2 is 1.70 bits per heavy atom. The largest absolute Gasteiger partial charge is 0.449 e. The lowest BCUT2D eigenvalue weighted by molar-refractivity contribution is 0.159. The highest BCUT2D eigenvalue weighted by molar-refractivity contribution is 5.85. The smallest absolute Gasteiger partial charge is 0.411 e. The van der Waals surface area contributed by atoms with Gasteiger partial charge in [0.2, 0.25) is 0 Å². The summed E-state index contributed by atoms with van der Waals surface area (Å²) in [5.41, 5.74) is 1.86. The summed E-state index contributed by atoms with van der Waals surface area (Å²) in [4.78, 5) is 11.6. The zero-order chi connectivity index (χ0) is 14.6. The van der Waals surface area contributed by atoms with Crippen LogP contribution in [0.1, 0.15) is 57.4 Å². The molecule has 1 amide bonds. The third-order valence-corrected chi connectivity index (χ3v) is 3.36. The van der Waals surface area contributed by atoms with E-state index >= 15 is 0 Å². The SMILES string of the molecule is CCCCCCCCCOC(=O)Nc1ccccc1C. The summed E-state index contributed by atoms with van der Waals surface area (Å²) in [6, 6.07) is 7.69. The van der Waals surface area contributed by atoms with Crippen LogP contribution in [0.5, 0.6) is 0 Å². The Morgan fingerprint density at radius 3 is 2.40 bits per heavy atom. The van der Waals surface area contributed by atoms with E-state index in [9.17, 15) is 4.79 Å². The molecule has 0 saturated heterocycles. The Hall–Kier alpha value is -1.51. The van der Waals surface area contributed by atoms with E-state index < -0.39 is 0 Å². The van der Waals surface area contributed by atoms with Gasteiger partial charge in [-0.1, -0.05) is 63.6 Å². The summed E-state index contributed by atoms with van der Waals surface area (Å²) in [6.45, 7) is 4.69. The Kier molecular flexibility index (Phi) is 8.52. The van der Waals surface area contributed by atoms with E-state index in [0.29, 0.717) is 6.61 Å². The first kappa shape index (κ1) is 16.5. The van der Waals surface area contributed by atoms with Crippen LogP contribution in [0, 0.1) is 6.92 Å². The molecule has 20 heavy (non-hydrogen) atoms. The molecule has 112 valence electrons. The van der Waals surface area contributed by atoms with Gasteiger partial charge >= 0.3 is 6.09 Å². The normalized spacial score (nSPS) is 10.3. The highest BCUT2D eigenvalue weighted by Crippen LogP contribution is 2.13. The van der Waals surface area contributed by atoms with E-state index in [1.807, 2.05) is 31.2 Å². The van der Waals surface area contributed by atoms with Crippen molar-refractivity contribution in [1.82, 2.24) is 0 Å². The molecule has 0 fully saturated rings. The van der Waals surface area contributed by atoms with Gasteiger partial charge < -0.3 is 4.74 Å². The Labute approximate surface area is 122 Å². The number of carbonyl (C=O) groups excluding carboxylic acids is 1. The number of rotatable bonds is 9. The Morgan fingerprint density at radius 1 is 1.05 bits per heavy atom. The maximum Gasteiger partial charge on any atom is 0.411 e. The fraction of sp³-hybridized carbons (Fsp3) is 0.588. The van der Waals surface area contributed by atoms with Crippen LogP contribution in [0.4, 0.5) is 10.5 Å². The number of benzene rings is 1. The van der Waals surface area contributed by atoms with Crippen LogP contribution in [-0.2, 0) is 4.74 Å². The number of unbranched alkanes of at least 4 members (excludes halogenated alkanes) is 6. The van der Waals surface area contributed by atoms with Crippen molar-refractivity contribution in [3.05, 3.63) is 29.8 Å². The fourth-order valence-corrected chi connectivity index (χ4v) is 2.08. The second kappa shape index (κ2) is 10.3. The molecule has 0 saturated carbocycles. The van der Waals surface area contributed by atoms with Crippen molar-refractivity contribution in [2.24, 2.45) is 0 Å². The number of aryl methyl sites for hydroxylation is 1. The van der Waals surface area contributed by atoms with Gasteiger partial charge in [0.15, 0.2) is 0 Å². The van der Waals surface area contributed by atoms with Crippen LogP contribution >= 0.6 is 0 Å². The predicted octanol–water partition coefficient (Wildman–Crippen LogP) is 5.29. The van der Waals surface area contributed by atoms with Gasteiger partial charge in [0.1, 0.15) is 0 Å². The molecule has 3 heteroatoms. The first-order valence-corrected chi connectivity index (χ1v) is 7.73. The number of hydrogen-bond donors (Lipinski definition) is 1. The van der Waals surface area contributed by atoms with Crippen molar-refractivity contribution < 1.29 is 9.53 Å². The average Bonchev–Trinajstić information content (AvgIpc) is 2.44. The molecular weight excluding hydrogens is 250 g/mol. The molecule has 1 N–H and O–H groups in total. The van der Waals surface area contributed by atoms with Crippen LogP contribution in [0.3, 0.4) is 0 Å². The fourth-order valence-electron chi connectivity index (χ4n) is 2.08. The minimum absolute atomic E-state index is 0.356. The van der Waals surface area contributed by atoms with E-state index in [1.165, 1.54) is 32.1 Å². The Balaban J connectivity index is 2.05. The lowest BCUT2D eigenvalue weighted by atomic mass is 10.1. The molecule has 0 bridgehead atoms. The molecule has 0 aromatic heterocycles. The highest BCUT2D eigenvalue weighted by Gasteiger charge is 2.04. The molecule has 0 spiro atoms. The van der Waals surface area contributed by atoms with E-state index in [2.05, 4.69) is 12.2 Å². The first-order chi connectivity index (χ1) is 9.74. The molecule has 3 nitrogen and oxygen atoms in total. The summed E-state index contributed by atoms with van der Waals surface area (Å²) < 4.78 is 5.18. The van der Waals surface area contributed by atoms with Gasteiger partial charge in [-0.3, -0.25) is 5.32 Å². The average molecular weight is 277 g/mol. The maximum atomic E-state index is 11.6. The lowest BCUT2D eigenvalue weighted by Crippen LogP contribution is -2.15. The first-order valence-electron chi connectivity index (χ1n) is 7.73. The summed E-state index contributed by atoms with van der Waals surface area (Å²) >= 11 is 0. The maximum absolute atomic E-state index is 11.6. The lowest BCUT2D eigenvalue weighted by Gasteiger charge is -2.08. The van der Waals surface area contributed by atoms with Crippen molar-refractivity contribution in [2.75, 3.05) is 11.9 Å². The number of nitrogens with one attached hydrogen (secondary N) is 1. The molecule has 1 aromatic rings. The summed E-state index contributed by atoms with van der Waals surface area (Å²) in [5, 5.41) is 2.77. The number of amides is 1. The molecule has 0 aliphatic heterocycles. The van der Waals surface area contributed by atoms with Crippen LogP contribution in [-0.4, -0.2) is 12.7 Å². The van der Waals surface area contributed by atoms with E-state index in [0.717, 1.165) is 24.1 Å². The third-order valence-electron chi connectivity index (χ3n) is 3.36. The molecule has 0 aliphatic rings. The van der Waals surface area contributed by atoms with Crippen molar-refractivity contribution >= 4 is 11.8 Å². The van der Waals surface area contributed by atoms with Gasteiger partial charge in [-0.05, 0) is 25.0 Å². The predicted molar refractivity (Wildman–Crippen MR) is 84.1 cm³/mol. The van der Waals surface area contributed by atoms with Crippen molar-refractivity contribution in [1.29, 1.82) is 0 Å². The molecule has 0 aliphatic carbocycles. The minimum Gasteiger partial charge on any atom is -0.449 e. The van der Waals surface area contributed by atoms with Crippen LogP contribution in [0.2, 0.25) is 0 Å². The number of carbonyl (C=O) groups is 1. The quantitative estimate of drug-likeness (QED) is 0.622. The number of anilines is 1. The second-order valence-corrected chi connectivity index (χ2v) is 5.20. The van der Waals surface area contributed by atoms with Gasteiger partial charge in [-0.25, -0.2) is 4.79 Å². The van der Waals surface area contributed by atoms with Gasteiger partial charge in [0.25, 0.3) is 0 Å². The summed E-state index contributed by atoms with van der Waals surface area (Å²) in [7, 11) is 0. The zero-order valence-electron chi connectivity index (χ0n) is 12.8. The molecular formula is C17H27NO2. The van der Waals surface area contributed by atoms with Crippen LogP contribution in [0.25, 0.3) is 0 Å². The monoisotopic (exact) mass is 277 g/mol. The van der Waals surface area contributed by atoms with E-state index in [4.69, 9.17) is 4.74 Å². The van der Waals surface area contributed by atoms with Crippen molar-refractivity contribution in [3.8, 4) is 0 Å². The molecule has 0 atom stereocenters.